The molecule has 0 aromatic heterocycles. The van der Waals surface area contributed by atoms with Gasteiger partial charge in [0, 0.05) is 12.0 Å². The van der Waals surface area contributed by atoms with Crippen LogP contribution in [-0.4, -0.2) is 38.1 Å². The van der Waals surface area contributed by atoms with Gasteiger partial charge in [-0.2, -0.15) is 0 Å². The molecule has 2 aromatic rings. The van der Waals surface area contributed by atoms with E-state index in [9.17, 15) is 4.79 Å². The molecule has 0 aliphatic carbocycles. The van der Waals surface area contributed by atoms with E-state index in [-0.39, 0.29) is 11.9 Å². The monoisotopic (exact) mass is 297 g/mol. The fourth-order valence-electron chi connectivity index (χ4n) is 2.36. The maximum atomic E-state index is 12.4. The molecule has 116 valence electrons. The largest absolute Gasteiger partial charge is 0.345 e. The summed E-state index contributed by atoms with van der Waals surface area (Å²) in [5, 5.41) is 3.17. The summed E-state index contributed by atoms with van der Waals surface area (Å²) >= 11 is 0. The van der Waals surface area contributed by atoms with E-state index in [1.165, 1.54) is 0 Å². The SMILES string of the molecule is C[N+](C)(C)CC[C@@H](NC(=O)c1ccccc1)c1ccccc1. The molecule has 0 aliphatic heterocycles. The first-order valence-electron chi connectivity index (χ1n) is 7.67. The Hall–Kier alpha value is -2.13. The van der Waals surface area contributed by atoms with Crippen LogP contribution in [0.2, 0.25) is 0 Å². The van der Waals surface area contributed by atoms with Gasteiger partial charge in [-0.15, -0.1) is 0 Å². The Morgan fingerprint density at radius 1 is 0.955 bits per heavy atom. The Balaban J connectivity index is 2.12. The zero-order valence-electron chi connectivity index (χ0n) is 13.6. The molecular weight excluding hydrogens is 272 g/mol. The van der Waals surface area contributed by atoms with Crippen molar-refractivity contribution in [2.45, 2.75) is 12.5 Å². The van der Waals surface area contributed by atoms with Crippen LogP contribution in [0, 0.1) is 0 Å². The fourth-order valence-corrected chi connectivity index (χ4v) is 2.36. The first-order chi connectivity index (χ1) is 10.5. The van der Waals surface area contributed by atoms with E-state index in [0.29, 0.717) is 5.56 Å². The molecule has 3 nitrogen and oxygen atoms in total. The highest BCUT2D eigenvalue weighted by molar-refractivity contribution is 5.94. The number of rotatable bonds is 6. The smallest absolute Gasteiger partial charge is 0.251 e. The van der Waals surface area contributed by atoms with Crippen molar-refractivity contribution < 1.29 is 9.28 Å². The number of quaternary nitrogens is 1. The summed E-state index contributed by atoms with van der Waals surface area (Å²) in [5.74, 6) is -0.0177. The van der Waals surface area contributed by atoms with E-state index >= 15 is 0 Å². The number of carbonyl (C=O) groups is 1. The van der Waals surface area contributed by atoms with E-state index in [1.54, 1.807) is 0 Å². The second-order valence-electron chi connectivity index (χ2n) is 6.61. The molecule has 0 spiro atoms. The van der Waals surface area contributed by atoms with Gasteiger partial charge < -0.3 is 9.80 Å². The minimum Gasteiger partial charge on any atom is -0.345 e. The van der Waals surface area contributed by atoms with E-state index < -0.39 is 0 Å². The molecule has 3 heteroatoms. The molecule has 2 rings (SSSR count). The molecule has 0 aliphatic rings. The van der Waals surface area contributed by atoms with Gasteiger partial charge in [-0.1, -0.05) is 48.5 Å². The molecule has 1 atom stereocenters. The van der Waals surface area contributed by atoms with Gasteiger partial charge in [0.2, 0.25) is 0 Å². The van der Waals surface area contributed by atoms with E-state index in [0.717, 1.165) is 23.0 Å². The Labute approximate surface area is 133 Å². The van der Waals surface area contributed by atoms with Crippen LogP contribution < -0.4 is 5.32 Å². The molecule has 1 amide bonds. The summed E-state index contributed by atoms with van der Waals surface area (Å²) in [6.07, 6.45) is 0.909. The average molecular weight is 297 g/mol. The average Bonchev–Trinajstić information content (AvgIpc) is 2.52. The molecule has 1 N–H and O–H groups in total. The first-order valence-corrected chi connectivity index (χ1v) is 7.67. The summed E-state index contributed by atoms with van der Waals surface area (Å²) in [6.45, 7) is 0.995. The third-order valence-electron chi connectivity index (χ3n) is 3.63. The van der Waals surface area contributed by atoms with Crippen molar-refractivity contribution in [2.24, 2.45) is 0 Å². The Kier molecular flexibility index (Phi) is 5.34. The molecule has 22 heavy (non-hydrogen) atoms. The first kappa shape index (κ1) is 16.2. The van der Waals surface area contributed by atoms with Gasteiger partial charge in [0.1, 0.15) is 0 Å². The standard InChI is InChI=1S/C19H24N2O/c1-21(2,3)15-14-18(16-10-6-4-7-11-16)20-19(22)17-12-8-5-9-13-17/h4-13,18H,14-15H2,1-3H3/p+1/t18-/m1/s1. The lowest BCUT2D eigenvalue weighted by Gasteiger charge is -2.27. The van der Waals surface area contributed by atoms with E-state index in [2.05, 4.69) is 38.6 Å². The van der Waals surface area contributed by atoms with Gasteiger partial charge in [0.05, 0.1) is 33.7 Å². The molecule has 0 radical (unpaired) electrons. The van der Waals surface area contributed by atoms with Crippen LogP contribution in [0.1, 0.15) is 28.4 Å². The predicted octanol–water partition coefficient (Wildman–Crippen LogP) is 3.25. The molecule has 0 fully saturated rings. The lowest BCUT2D eigenvalue weighted by Crippen LogP contribution is -2.38. The number of carbonyl (C=O) groups excluding carboxylic acids is 1. The Morgan fingerprint density at radius 3 is 2.05 bits per heavy atom. The van der Waals surface area contributed by atoms with Crippen LogP contribution >= 0.6 is 0 Å². The van der Waals surface area contributed by atoms with Gasteiger partial charge in [-0.05, 0) is 17.7 Å². The normalized spacial score (nSPS) is 12.7. The summed E-state index contributed by atoms with van der Waals surface area (Å²) in [4.78, 5) is 12.4. The second kappa shape index (κ2) is 7.23. The molecule has 0 bridgehead atoms. The lowest BCUT2D eigenvalue weighted by molar-refractivity contribution is -0.870. The summed E-state index contributed by atoms with van der Waals surface area (Å²) in [5.41, 5.74) is 1.86. The minimum atomic E-state index is -0.0177. The molecule has 0 saturated carbocycles. The van der Waals surface area contributed by atoms with Gasteiger partial charge in [-0.25, -0.2) is 0 Å². The summed E-state index contributed by atoms with van der Waals surface area (Å²) in [7, 11) is 6.50. The molecule has 2 aromatic carbocycles. The zero-order chi connectivity index (χ0) is 16.0. The van der Waals surface area contributed by atoms with E-state index in [4.69, 9.17) is 0 Å². The van der Waals surface area contributed by atoms with Crippen molar-refractivity contribution >= 4 is 5.91 Å². The highest BCUT2D eigenvalue weighted by Crippen LogP contribution is 2.18. The van der Waals surface area contributed by atoms with Gasteiger partial charge in [0.25, 0.3) is 5.91 Å². The van der Waals surface area contributed by atoms with Crippen molar-refractivity contribution in [3.63, 3.8) is 0 Å². The van der Waals surface area contributed by atoms with Crippen LogP contribution in [0.25, 0.3) is 0 Å². The van der Waals surface area contributed by atoms with Crippen LogP contribution in [0.3, 0.4) is 0 Å². The van der Waals surface area contributed by atoms with Crippen molar-refractivity contribution in [1.82, 2.24) is 5.32 Å². The maximum Gasteiger partial charge on any atom is 0.251 e. The van der Waals surface area contributed by atoms with Crippen molar-refractivity contribution in [2.75, 3.05) is 27.7 Å². The number of nitrogens with one attached hydrogen (secondary N) is 1. The fraction of sp³-hybridized carbons (Fsp3) is 0.316. The van der Waals surface area contributed by atoms with Crippen LogP contribution in [0.4, 0.5) is 0 Å². The number of nitrogens with zero attached hydrogens (tertiary/aromatic N) is 1. The number of benzene rings is 2. The Morgan fingerprint density at radius 2 is 1.50 bits per heavy atom. The maximum absolute atomic E-state index is 12.4. The van der Waals surface area contributed by atoms with Crippen molar-refractivity contribution in [3.8, 4) is 0 Å². The third kappa shape index (κ3) is 5.01. The van der Waals surface area contributed by atoms with Gasteiger partial charge >= 0.3 is 0 Å². The topological polar surface area (TPSA) is 29.1 Å². The van der Waals surface area contributed by atoms with Gasteiger partial charge in [0.15, 0.2) is 0 Å². The quantitative estimate of drug-likeness (QED) is 0.815. The van der Waals surface area contributed by atoms with Crippen molar-refractivity contribution in [3.05, 3.63) is 71.8 Å². The number of hydrogen-bond acceptors (Lipinski definition) is 1. The van der Waals surface area contributed by atoms with Crippen LogP contribution in [0.15, 0.2) is 60.7 Å². The van der Waals surface area contributed by atoms with E-state index in [1.807, 2.05) is 48.5 Å². The molecular formula is C19H25N2O+. The molecule has 0 heterocycles. The number of hydrogen-bond donors (Lipinski definition) is 1. The summed E-state index contributed by atoms with van der Waals surface area (Å²) < 4.78 is 0.880. The van der Waals surface area contributed by atoms with Crippen LogP contribution in [-0.2, 0) is 0 Å². The second-order valence-corrected chi connectivity index (χ2v) is 6.61. The zero-order valence-corrected chi connectivity index (χ0v) is 13.6. The van der Waals surface area contributed by atoms with Crippen molar-refractivity contribution in [1.29, 1.82) is 0 Å². The Bertz CT molecular complexity index is 588. The number of amides is 1. The molecule has 0 saturated heterocycles. The summed E-state index contributed by atoms with van der Waals surface area (Å²) in [6, 6.07) is 19.6. The van der Waals surface area contributed by atoms with Gasteiger partial charge in [-0.3, -0.25) is 4.79 Å². The third-order valence-corrected chi connectivity index (χ3v) is 3.63. The highest BCUT2D eigenvalue weighted by atomic mass is 16.1. The minimum absolute atomic E-state index is 0.0177. The van der Waals surface area contributed by atoms with Crippen LogP contribution in [0.5, 0.6) is 0 Å². The predicted molar refractivity (Wildman–Crippen MR) is 90.6 cm³/mol. The highest BCUT2D eigenvalue weighted by Gasteiger charge is 2.18. The molecule has 0 unspecified atom stereocenters. The lowest BCUT2D eigenvalue weighted by atomic mass is 10.0.